The molecule has 0 saturated heterocycles. The highest BCUT2D eigenvalue weighted by molar-refractivity contribution is 7.86. The van der Waals surface area contributed by atoms with Crippen LogP contribution in [0.2, 0.25) is 0 Å². The monoisotopic (exact) mass is 205 g/mol. The molecule has 2 atom stereocenters. The summed E-state index contributed by atoms with van der Waals surface area (Å²) in [5.74, 6) is 0.758. The lowest BCUT2D eigenvalue weighted by Crippen LogP contribution is -2.33. The van der Waals surface area contributed by atoms with Gasteiger partial charge in [-0.3, -0.25) is 4.21 Å². The van der Waals surface area contributed by atoms with E-state index in [-0.39, 0.29) is 4.75 Å². The zero-order chi connectivity index (χ0) is 10.5. The summed E-state index contributed by atoms with van der Waals surface area (Å²) in [5.41, 5.74) is 0. The van der Waals surface area contributed by atoms with Gasteiger partial charge in [-0.15, -0.1) is 0 Å². The molecule has 0 heterocycles. The van der Waals surface area contributed by atoms with Gasteiger partial charge in [-0.05, 0) is 34.1 Å². The number of rotatable bonds is 5. The van der Waals surface area contributed by atoms with Crippen LogP contribution >= 0.6 is 0 Å². The van der Waals surface area contributed by atoms with E-state index in [0.717, 1.165) is 18.7 Å². The smallest absolute Gasteiger partial charge is 0.0375 e. The van der Waals surface area contributed by atoms with Crippen molar-refractivity contribution in [2.24, 2.45) is 0 Å². The minimum absolute atomic E-state index is 0.0723. The van der Waals surface area contributed by atoms with E-state index >= 15 is 0 Å². The van der Waals surface area contributed by atoms with Crippen LogP contribution in [0.4, 0.5) is 0 Å². The summed E-state index contributed by atoms with van der Waals surface area (Å²) in [5, 5.41) is 3.34. The molecular weight excluding hydrogens is 182 g/mol. The van der Waals surface area contributed by atoms with E-state index in [9.17, 15) is 4.21 Å². The molecule has 0 fully saturated rings. The Morgan fingerprint density at radius 3 is 2.31 bits per heavy atom. The van der Waals surface area contributed by atoms with Crippen molar-refractivity contribution in [3.63, 3.8) is 0 Å². The average Bonchev–Trinajstić information content (AvgIpc) is 2.02. The third-order valence-electron chi connectivity index (χ3n) is 2.08. The van der Waals surface area contributed by atoms with Gasteiger partial charge in [0.1, 0.15) is 0 Å². The fraction of sp³-hybridized carbons (Fsp3) is 1.00. The van der Waals surface area contributed by atoms with Crippen LogP contribution < -0.4 is 5.32 Å². The summed E-state index contributed by atoms with van der Waals surface area (Å²) in [7, 11) is -0.718. The molecule has 3 heteroatoms. The normalized spacial score (nSPS) is 17.0. The van der Waals surface area contributed by atoms with Gasteiger partial charge in [0, 0.05) is 33.9 Å². The highest BCUT2D eigenvalue weighted by Crippen LogP contribution is 2.10. The van der Waals surface area contributed by atoms with Gasteiger partial charge >= 0.3 is 0 Å². The molecule has 2 nitrogen and oxygen atoms in total. The van der Waals surface area contributed by atoms with Gasteiger partial charge in [0.15, 0.2) is 0 Å². The Kier molecular flexibility index (Phi) is 5.81. The summed E-state index contributed by atoms with van der Waals surface area (Å²) < 4.78 is 11.5. The molecule has 0 amide bonds. The molecule has 2 unspecified atom stereocenters. The molecule has 0 bridgehead atoms. The fourth-order valence-corrected chi connectivity index (χ4v) is 1.76. The van der Waals surface area contributed by atoms with Gasteiger partial charge < -0.3 is 5.32 Å². The molecule has 0 aromatic heterocycles. The lowest BCUT2D eigenvalue weighted by atomic mass is 10.3. The number of hydrogen-bond donors (Lipinski definition) is 1. The van der Waals surface area contributed by atoms with Crippen molar-refractivity contribution >= 4 is 10.8 Å². The predicted molar refractivity (Wildman–Crippen MR) is 60.5 cm³/mol. The summed E-state index contributed by atoms with van der Waals surface area (Å²) in [6.45, 7) is 11.2. The summed E-state index contributed by atoms with van der Waals surface area (Å²) in [4.78, 5) is 0. The zero-order valence-electron chi connectivity index (χ0n) is 9.52. The third kappa shape index (κ3) is 6.22. The average molecular weight is 205 g/mol. The second-order valence-electron chi connectivity index (χ2n) is 4.43. The second-order valence-corrected chi connectivity index (χ2v) is 6.75. The van der Waals surface area contributed by atoms with Crippen LogP contribution in [-0.2, 0) is 10.8 Å². The third-order valence-corrected chi connectivity index (χ3v) is 4.02. The van der Waals surface area contributed by atoms with Gasteiger partial charge in [0.2, 0.25) is 0 Å². The molecule has 0 aliphatic heterocycles. The SMILES string of the molecule is CCC(C)NCCS(=O)C(C)(C)C. The summed E-state index contributed by atoms with van der Waals surface area (Å²) in [6.07, 6.45) is 1.13. The topological polar surface area (TPSA) is 29.1 Å². The maximum Gasteiger partial charge on any atom is 0.0375 e. The molecule has 80 valence electrons. The minimum atomic E-state index is -0.718. The number of hydrogen-bond acceptors (Lipinski definition) is 2. The summed E-state index contributed by atoms with van der Waals surface area (Å²) >= 11 is 0. The second kappa shape index (κ2) is 5.76. The Morgan fingerprint density at radius 2 is 1.92 bits per heavy atom. The van der Waals surface area contributed by atoms with E-state index in [1.807, 2.05) is 20.8 Å². The van der Waals surface area contributed by atoms with Crippen molar-refractivity contribution in [2.45, 2.75) is 51.8 Å². The Morgan fingerprint density at radius 1 is 1.38 bits per heavy atom. The Bertz CT molecular complexity index is 163. The first-order valence-corrected chi connectivity index (χ1v) is 6.31. The molecule has 0 aliphatic rings. The maximum atomic E-state index is 11.6. The molecule has 0 aromatic carbocycles. The molecule has 0 aromatic rings. The van der Waals surface area contributed by atoms with Gasteiger partial charge in [-0.25, -0.2) is 0 Å². The molecule has 0 radical (unpaired) electrons. The van der Waals surface area contributed by atoms with Crippen molar-refractivity contribution in [1.29, 1.82) is 0 Å². The lowest BCUT2D eigenvalue weighted by molar-refractivity contribution is 0.551. The van der Waals surface area contributed by atoms with E-state index in [0.29, 0.717) is 6.04 Å². The van der Waals surface area contributed by atoms with Crippen molar-refractivity contribution < 1.29 is 4.21 Å². The van der Waals surface area contributed by atoms with Gasteiger partial charge in [0.25, 0.3) is 0 Å². The molecule has 0 aliphatic carbocycles. The summed E-state index contributed by atoms with van der Waals surface area (Å²) in [6, 6.07) is 0.539. The van der Waals surface area contributed by atoms with Crippen molar-refractivity contribution in [2.75, 3.05) is 12.3 Å². The maximum absolute atomic E-state index is 11.6. The van der Waals surface area contributed by atoms with Gasteiger partial charge in [-0.1, -0.05) is 6.92 Å². The van der Waals surface area contributed by atoms with E-state index in [2.05, 4.69) is 19.2 Å². The van der Waals surface area contributed by atoms with Gasteiger partial charge in [0.05, 0.1) is 0 Å². The standard InChI is InChI=1S/C10H23NOS/c1-6-9(2)11-7-8-13(12)10(3,4)5/h9,11H,6-8H2,1-5H3. The fourth-order valence-electron chi connectivity index (χ4n) is 0.849. The Balaban J connectivity index is 3.60. The van der Waals surface area contributed by atoms with Crippen molar-refractivity contribution in [3.8, 4) is 0 Å². The van der Waals surface area contributed by atoms with E-state index in [1.165, 1.54) is 0 Å². The Labute approximate surface area is 84.9 Å². The van der Waals surface area contributed by atoms with Crippen LogP contribution in [0, 0.1) is 0 Å². The molecular formula is C10H23NOS. The van der Waals surface area contributed by atoms with Crippen molar-refractivity contribution in [1.82, 2.24) is 5.32 Å². The first-order valence-electron chi connectivity index (χ1n) is 4.99. The highest BCUT2D eigenvalue weighted by Gasteiger charge is 2.18. The first-order chi connectivity index (χ1) is 5.88. The number of nitrogens with one attached hydrogen (secondary N) is 1. The largest absolute Gasteiger partial charge is 0.313 e. The first kappa shape index (κ1) is 13.1. The molecule has 0 rings (SSSR count). The molecule has 13 heavy (non-hydrogen) atoms. The van der Waals surface area contributed by atoms with Crippen LogP contribution in [0.15, 0.2) is 0 Å². The van der Waals surface area contributed by atoms with Crippen molar-refractivity contribution in [3.05, 3.63) is 0 Å². The van der Waals surface area contributed by atoms with Crippen LogP contribution in [-0.4, -0.2) is 27.3 Å². The highest BCUT2D eigenvalue weighted by atomic mass is 32.2. The van der Waals surface area contributed by atoms with E-state index < -0.39 is 10.8 Å². The lowest BCUT2D eigenvalue weighted by Gasteiger charge is -2.18. The molecule has 0 saturated carbocycles. The molecule has 1 N–H and O–H groups in total. The van der Waals surface area contributed by atoms with Crippen LogP contribution in [0.5, 0.6) is 0 Å². The minimum Gasteiger partial charge on any atom is -0.313 e. The van der Waals surface area contributed by atoms with Crippen LogP contribution in [0.25, 0.3) is 0 Å². The van der Waals surface area contributed by atoms with E-state index in [4.69, 9.17) is 0 Å². The Hall–Kier alpha value is 0.110. The van der Waals surface area contributed by atoms with Crippen LogP contribution in [0.1, 0.15) is 41.0 Å². The molecule has 0 spiro atoms. The zero-order valence-corrected chi connectivity index (χ0v) is 10.3. The van der Waals surface area contributed by atoms with Gasteiger partial charge in [-0.2, -0.15) is 0 Å². The van der Waals surface area contributed by atoms with Crippen LogP contribution in [0.3, 0.4) is 0 Å². The quantitative estimate of drug-likeness (QED) is 0.743. The predicted octanol–water partition coefficient (Wildman–Crippen LogP) is 1.92. The van der Waals surface area contributed by atoms with E-state index in [1.54, 1.807) is 0 Å².